The molecule has 0 radical (unpaired) electrons. The number of nitrogens with two attached hydrogens (primary N) is 1. The number of anilines is 1. The molecule has 0 aliphatic rings. The minimum Gasteiger partial charge on any atom is -0.455 e. The summed E-state index contributed by atoms with van der Waals surface area (Å²) in [6.45, 7) is 4.52. The van der Waals surface area contributed by atoms with E-state index in [9.17, 15) is 4.79 Å². The van der Waals surface area contributed by atoms with Crippen molar-refractivity contribution in [3.63, 3.8) is 0 Å². The SMILES string of the molecule is CCn1nc(C)c(Cl)c1COC(=O)c1sccc1N. The lowest BCUT2D eigenvalue weighted by atomic mass is 10.3. The van der Waals surface area contributed by atoms with E-state index >= 15 is 0 Å². The van der Waals surface area contributed by atoms with Gasteiger partial charge in [-0.25, -0.2) is 4.79 Å². The summed E-state index contributed by atoms with van der Waals surface area (Å²) in [7, 11) is 0. The predicted octanol–water partition coefficient (Wildman–Crippen LogP) is 2.87. The first-order valence-electron chi connectivity index (χ1n) is 5.76. The van der Waals surface area contributed by atoms with Gasteiger partial charge in [-0.15, -0.1) is 11.3 Å². The number of rotatable bonds is 4. The number of carbonyl (C=O) groups excluding carboxylic acids is 1. The Balaban J connectivity index is 2.11. The molecule has 0 saturated heterocycles. The highest BCUT2D eigenvalue weighted by Crippen LogP contribution is 2.23. The van der Waals surface area contributed by atoms with Gasteiger partial charge in [0.2, 0.25) is 0 Å². The van der Waals surface area contributed by atoms with E-state index in [2.05, 4.69) is 5.10 Å². The Labute approximate surface area is 119 Å². The van der Waals surface area contributed by atoms with E-state index in [1.165, 1.54) is 11.3 Å². The van der Waals surface area contributed by atoms with E-state index in [1.807, 2.05) is 13.8 Å². The zero-order chi connectivity index (χ0) is 14.0. The molecule has 7 heteroatoms. The Morgan fingerprint density at radius 3 is 2.95 bits per heavy atom. The number of nitrogens with zero attached hydrogens (tertiary/aromatic N) is 2. The summed E-state index contributed by atoms with van der Waals surface area (Å²) in [6, 6.07) is 1.68. The maximum Gasteiger partial charge on any atom is 0.350 e. The molecular weight excluding hydrogens is 286 g/mol. The van der Waals surface area contributed by atoms with Gasteiger partial charge in [0.1, 0.15) is 11.5 Å². The van der Waals surface area contributed by atoms with Crippen LogP contribution < -0.4 is 5.73 Å². The van der Waals surface area contributed by atoms with Crippen molar-refractivity contribution >= 4 is 34.6 Å². The molecule has 2 heterocycles. The molecule has 2 aromatic rings. The zero-order valence-corrected chi connectivity index (χ0v) is 12.2. The quantitative estimate of drug-likeness (QED) is 0.881. The lowest BCUT2D eigenvalue weighted by Gasteiger charge is -2.06. The monoisotopic (exact) mass is 299 g/mol. The molecule has 0 aromatic carbocycles. The van der Waals surface area contributed by atoms with Crippen LogP contribution in [0.25, 0.3) is 0 Å². The molecule has 0 fully saturated rings. The van der Waals surface area contributed by atoms with Gasteiger partial charge < -0.3 is 10.5 Å². The molecular formula is C12H14ClN3O2S. The summed E-state index contributed by atoms with van der Waals surface area (Å²) >= 11 is 7.39. The Morgan fingerprint density at radius 2 is 2.37 bits per heavy atom. The molecule has 5 nitrogen and oxygen atoms in total. The van der Waals surface area contributed by atoms with Crippen molar-refractivity contribution in [1.29, 1.82) is 0 Å². The van der Waals surface area contributed by atoms with E-state index in [4.69, 9.17) is 22.1 Å². The number of nitrogen functional groups attached to an aromatic ring is 1. The second-order valence-electron chi connectivity index (χ2n) is 3.94. The van der Waals surface area contributed by atoms with Crippen molar-refractivity contribution in [2.24, 2.45) is 0 Å². The van der Waals surface area contributed by atoms with Crippen LogP contribution in [-0.2, 0) is 17.9 Å². The summed E-state index contributed by atoms with van der Waals surface area (Å²) in [4.78, 5) is 12.3. The molecule has 0 atom stereocenters. The Hall–Kier alpha value is -1.53. The molecule has 0 aliphatic carbocycles. The molecule has 2 rings (SSSR count). The number of carbonyl (C=O) groups is 1. The summed E-state index contributed by atoms with van der Waals surface area (Å²) in [5.41, 5.74) is 7.52. The smallest absolute Gasteiger partial charge is 0.350 e. The molecule has 0 saturated carbocycles. The highest BCUT2D eigenvalue weighted by atomic mass is 35.5. The van der Waals surface area contributed by atoms with Crippen LogP contribution in [0.1, 0.15) is 28.0 Å². The van der Waals surface area contributed by atoms with Gasteiger partial charge in [0, 0.05) is 6.54 Å². The van der Waals surface area contributed by atoms with Gasteiger partial charge in [0.05, 0.1) is 22.1 Å². The highest BCUT2D eigenvalue weighted by Gasteiger charge is 2.17. The predicted molar refractivity (Wildman–Crippen MR) is 75.5 cm³/mol. The summed E-state index contributed by atoms with van der Waals surface area (Å²) in [5.74, 6) is -0.440. The third-order valence-electron chi connectivity index (χ3n) is 2.67. The normalized spacial score (nSPS) is 10.7. The van der Waals surface area contributed by atoms with Crippen LogP contribution in [0.3, 0.4) is 0 Å². The lowest BCUT2D eigenvalue weighted by Crippen LogP contribution is -2.09. The number of hydrogen-bond donors (Lipinski definition) is 1. The molecule has 0 unspecified atom stereocenters. The van der Waals surface area contributed by atoms with Crippen LogP contribution in [0, 0.1) is 6.92 Å². The van der Waals surface area contributed by atoms with Crippen LogP contribution in [0.15, 0.2) is 11.4 Å². The molecule has 2 N–H and O–H groups in total. The number of ether oxygens (including phenoxy) is 1. The number of aryl methyl sites for hydroxylation is 2. The van der Waals surface area contributed by atoms with Crippen LogP contribution in [0.2, 0.25) is 5.02 Å². The largest absolute Gasteiger partial charge is 0.455 e. The van der Waals surface area contributed by atoms with Gasteiger partial charge in [-0.05, 0) is 25.3 Å². The number of thiophene rings is 1. The van der Waals surface area contributed by atoms with Gasteiger partial charge in [-0.2, -0.15) is 5.10 Å². The van der Waals surface area contributed by atoms with Crippen LogP contribution in [0.5, 0.6) is 0 Å². The number of esters is 1. The first kappa shape index (κ1) is 13.9. The molecule has 0 amide bonds. The summed E-state index contributed by atoms with van der Waals surface area (Å²) in [6.07, 6.45) is 0. The summed E-state index contributed by atoms with van der Waals surface area (Å²) in [5, 5.41) is 6.54. The van der Waals surface area contributed by atoms with E-state index < -0.39 is 5.97 Å². The first-order chi connectivity index (χ1) is 9.04. The maximum absolute atomic E-state index is 11.9. The van der Waals surface area contributed by atoms with Crippen molar-refractivity contribution in [3.8, 4) is 0 Å². The molecule has 0 spiro atoms. The first-order valence-corrected chi connectivity index (χ1v) is 7.02. The molecule has 0 bridgehead atoms. The molecule has 0 aliphatic heterocycles. The van der Waals surface area contributed by atoms with Crippen molar-refractivity contribution in [1.82, 2.24) is 9.78 Å². The average Bonchev–Trinajstić information content (AvgIpc) is 2.92. The van der Waals surface area contributed by atoms with Gasteiger partial charge in [-0.3, -0.25) is 4.68 Å². The average molecular weight is 300 g/mol. The fourth-order valence-electron chi connectivity index (χ4n) is 1.69. The van der Waals surface area contributed by atoms with Gasteiger partial charge in [-0.1, -0.05) is 11.6 Å². The van der Waals surface area contributed by atoms with Crippen LogP contribution in [0.4, 0.5) is 5.69 Å². The second-order valence-corrected chi connectivity index (χ2v) is 5.24. The number of hydrogen-bond acceptors (Lipinski definition) is 5. The van der Waals surface area contributed by atoms with Gasteiger partial charge in [0.15, 0.2) is 0 Å². The second kappa shape index (κ2) is 5.63. The Kier molecular flexibility index (Phi) is 4.11. The van der Waals surface area contributed by atoms with E-state index in [0.29, 0.717) is 27.8 Å². The van der Waals surface area contributed by atoms with E-state index in [0.717, 1.165) is 5.69 Å². The fraction of sp³-hybridized carbons (Fsp3) is 0.333. The molecule has 19 heavy (non-hydrogen) atoms. The van der Waals surface area contributed by atoms with Gasteiger partial charge in [0.25, 0.3) is 0 Å². The maximum atomic E-state index is 11.9. The van der Waals surface area contributed by atoms with Crippen molar-refractivity contribution in [2.75, 3.05) is 5.73 Å². The fourth-order valence-corrected chi connectivity index (χ4v) is 2.59. The van der Waals surface area contributed by atoms with Crippen molar-refractivity contribution in [3.05, 3.63) is 32.7 Å². The molecule has 2 aromatic heterocycles. The highest BCUT2D eigenvalue weighted by molar-refractivity contribution is 7.12. The lowest BCUT2D eigenvalue weighted by molar-refractivity contribution is 0.0469. The topological polar surface area (TPSA) is 70.1 Å². The minimum atomic E-state index is -0.440. The van der Waals surface area contributed by atoms with Crippen molar-refractivity contribution in [2.45, 2.75) is 27.0 Å². The third kappa shape index (κ3) is 2.74. The minimum absolute atomic E-state index is 0.0870. The van der Waals surface area contributed by atoms with E-state index in [-0.39, 0.29) is 6.61 Å². The van der Waals surface area contributed by atoms with Crippen LogP contribution >= 0.6 is 22.9 Å². The Bertz CT molecular complexity index is 606. The van der Waals surface area contributed by atoms with Crippen molar-refractivity contribution < 1.29 is 9.53 Å². The summed E-state index contributed by atoms with van der Waals surface area (Å²) < 4.78 is 6.96. The Morgan fingerprint density at radius 1 is 1.63 bits per heavy atom. The van der Waals surface area contributed by atoms with Gasteiger partial charge >= 0.3 is 5.97 Å². The van der Waals surface area contributed by atoms with E-state index in [1.54, 1.807) is 16.1 Å². The zero-order valence-electron chi connectivity index (χ0n) is 10.6. The molecule has 102 valence electrons. The standard InChI is InChI=1S/C12H14ClN3O2S/c1-3-16-9(10(13)7(2)15-16)6-18-12(17)11-8(14)4-5-19-11/h4-5H,3,6,14H2,1-2H3. The van der Waals surface area contributed by atoms with Crippen LogP contribution in [-0.4, -0.2) is 15.7 Å². The third-order valence-corrected chi connectivity index (χ3v) is 4.08. The number of aromatic nitrogens is 2. The number of halogens is 1.